The minimum Gasteiger partial charge on any atom is -0.497 e. The molecule has 0 fully saturated rings. The summed E-state index contributed by atoms with van der Waals surface area (Å²) in [6, 6.07) is 19.3. The molecule has 6 heteroatoms. The lowest BCUT2D eigenvalue weighted by Crippen LogP contribution is -2.38. The minimum absolute atomic E-state index is 0.0157. The van der Waals surface area contributed by atoms with E-state index in [0.717, 1.165) is 11.8 Å². The first-order chi connectivity index (χ1) is 15.3. The standard InChI is InChI=1S/C26H23Cl2NO3/c1-3-21(31)15-24(17-6-4-8-19(27)12-17)26(16-30,18-7-5-9-22(13-18)32-2)23-11-10-20(28)14-25(23)29/h3-14,16,24H,1,15,29H2,2H3/t24-,26+/m0/s1. The summed E-state index contributed by atoms with van der Waals surface area (Å²) in [5.74, 6) is -0.266. The summed E-state index contributed by atoms with van der Waals surface area (Å²) in [4.78, 5) is 25.8. The molecule has 2 N–H and O–H groups in total. The van der Waals surface area contributed by atoms with E-state index in [1.807, 2.05) is 12.1 Å². The molecule has 0 radical (unpaired) electrons. The summed E-state index contributed by atoms with van der Waals surface area (Å²) in [5, 5.41) is 0.936. The molecule has 0 saturated carbocycles. The van der Waals surface area contributed by atoms with Gasteiger partial charge >= 0.3 is 0 Å². The molecule has 164 valence electrons. The predicted molar refractivity (Wildman–Crippen MR) is 130 cm³/mol. The van der Waals surface area contributed by atoms with E-state index in [1.54, 1.807) is 61.7 Å². The van der Waals surface area contributed by atoms with Crippen molar-refractivity contribution in [1.82, 2.24) is 0 Å². The van der Waals surface area contributed by atoms with Crippen LogP contribution in [0.3, 0.4) is 0 Å². The van der Waals surface area contributed by atoms with E-state index in [9.17, 15) is 9.59 Å². The van der Waals surface area contributed by atoms with Crippen LogP contribution in [0.5, 0.6) is 5.75 Å². The third-order valence-corrected chi connectivity index (χ3v) is 6.10. The SMILES string of the molecule is C=CC(=O)C[C@@H](c1cccc(Cl)c1)[C@](C=O)(c1cccc(OC)c1)c1ccc(Cl)cc1N. The maximum absolute atomic E-state index is 13.1. The van der Waals surface area contributed by atoms with Gasteiger partial charge in [-0.15, -0.1) is 0 Å². The van der Waals surface area contributed by atoms with Crippen LogP contribution in [0, 0.1) is 0 Å². The van der Waals surface area contributed by atoms with Crippen LogP contribution < -0.4 is 10.5 Å². The molecule has 32 heavy (non-hydrogen) atoms. The number of rotatable bonds is 9. The smallest absolute Gasteiger partial charge is 0.155 e. The number of ketones is 1. The first kappa shape index (κ1) is 23.6. The van der Waals surface area contributed by atoms with Crippen molar-refractivity contribution in [3.8, 4) is 5.75 Å². The summed E-state index contributed by atoms with van der Waals surface area (Å²) in [7, 11) is 1.55. The Bertz CT molecular complexity index is 1160. The first-order valence-electron chi connectivity index (χ1n) is 9.92. The van der Waals surface area contributed by atoms with Gasteiger partial charge in [0.25, 0.3) is 0 Å². The number of anilines is 1. The summed E-state index contributed by atoms with van der Waals surface area (Å²) >= 11 is 12.4. The highest BCUT2D eigenvalue weighted by Gasteiger charge is 2.45. The molecule has 0 aliphatic carbocycles. The Morgan fingerprint density at radius 2 is 1.81 bits per heavy atom. The minimum atomic E-state index is -1.33. The number of nitrogens with two attached hydrogens (primary N) is 1. The van der Waals surface area contributed by atoms with E-state index in [2.05, 4.69) is 6.58 Å². The zero-order chi connectivity index (χ0) is 23.3. The van der Waals surface area contributed by atoms with Gasteiger partial charge in [0, 0.05) is 28.1 Å². The van der Waals surface area contributed by atoms with Gasteiger partial charge < -0.3 is 15.3 Å². The molecule has 0 aliphatic rings. The van der Waals surface area contributed by atoms with Crippen molar-refractivity contribution < 1.29 is 14.3 Å². The normalized spacial score (nSPS) is 13.6. The lowest BCUT2D eigenvalue weighted by Gasteiger charge is -2.38. The number of allylic oxidation sites excluding steroid dienone is 1. The van der Waals surface area contributed by atoms with Gasteiger partial charge in [-0.1, -0.05) is 60.1 Å². The Kier molecular flexibility index (Phi) is 7.39. The second-order valence-electron chi connectivity index (χ2n) is 7.43. The first-order valence-corrected chi connectivity index (χ1v) is 10.7. The summed E-state index contributed by atoms with van der Waals surface area (Å²) in [6.07, 6.45) is 2.11. The van der Waals surface area contributed by atoms with Gasteiger partial charge in [0.1, 0.15) is 12.0 Å². The Morgan fingerprint density at radius 1 is 1.09 bits per heavy atom. The van der Waals surface area contributed by atoms with Gasteiger partial charge in [0.2, 0.25) is 0 Å². The van der Waals surface area contributed by atoms with Crippen LogP contribution in [0.4, 0.5) is 5.69 Å². The van der Waals surface area contributed by atoms with Gasteiger partial charge in [-0.25, -0.2) is 0 Å². The van der Waals surface area contributed by atoms with Gasteiger partial charge in [0.15, 0.2) is 5.78 Å². The molecule has 0 heterocycles. The lowest BCUT2D eigenvalue weighted by molar-refractivity contribution is -0.116. The van der Waals surface area contributed by atoms with E-state index < -0.39 is 11.3 Å². The Hall–Kier alpha value is -3.08. The van der Waals surface area contributed by atoms with Gasteiger partial charge in [-0.05, 0) is 59.2 Å². The van der Waals surface area contributed by atoms with Crippen molar-refractivity contribution in [1.29, 1.82) is 0 Å². The van der Waals surface area contributed by atoms with Crippen LogP contribution in [-0.2, 0) is 15.0 Å². The number of methoxy groups -OCH3 is 1. The second-order valence-corrected chi connectivity index (χ2v) is 8.31. The number of hydrogen-bond acceptors (Lipinski definition) is 4. The van der Waals surface area contributed by atoms with Crippen LogP contribution in [0.2, 0.25) is 10.0 Å². The molecule has 0 saturated heterocycles. The number of benzene rings is 3. The highest BCUT2D eigenvalue weighted by molar-refractivity contribution is 6.31. The van der Waals surface area contributed by atoms with Crippen LogP contribution >= 0.6 is 23.2 Å². The van der Waals surface area contributed by atoms with E-state index in [1.165, 1.54) is 6.08 Å². The van der Waals surface area contributed by atoms with Crippen molar-refractivity contribution in [2.75, 3.05) is 12.8 Å². The van der Waals surface area contributed by atoms with Crippen LogP contribution in [-0.4, -0.2) is 19.2 Å². The van der Waals surface area contributed by atoms with Crippen molar-refractivity contribution in [2.45, 2.75) is 17.8 Å². The monoisotopic (exact) mass is 467 g/mol. The molecule has 0 unspecified atom stereocenters. The number of nitrogen functional groups attached to an aromatic ring is 1. The van der Waals surface area contributed by atoms with Crippen LogP contribution in [0.15, 0.2) is 79.4 Å². The highest BCUT2D eigenvalue weighted by atomic mass is 35.5. The molecule has 4 nitrogen and oxygen atoms in total. The molecule has 0 bridgehead atoms. The van der Waals surface area contributed by atoms with Crippen molar-refractivity contribution in [3.63, 3.8) is 0 Å². The number of aldehydes is 1. The molecule has 2 atom stereocenters. The van der Waals surface area contributed by atoms with E-state index in [0.29, 0.717) is 32.6 Å². The third kappa shape index (κ3) is 4.57. The average Bonchev–Trinajstić information content (AvgIpc) is 2.80. The number of carbonyl (C=O) groups excluding carboxylic acids is 2. The van der Waals surface area contributed by atoms with Gasteiger partial charge in [0.05, 0.1) is 12.5 Å². The highest BCUT2D eigenvalue weighted by Crippen LogP contribution is 2.48. The van der Waals surface area contributed by atoms with Gasteiger partial charge in [-0.3, -0.25) is 4.79 Å². The van der Waals surface area contributed by atoms with E-state index in [4.69, 9.17) is 33.7 Å². The Morgan fingerprint density at radius 3 is 2.44 bits per heavy atom. The van der Waals surface area contributed by atoms with Gasteiger partial charge in [-0.2, -0.15) is 0 Å². The van der Waals surface area contributed by atoms with E-state index in [-0.39, 0.29) is 12.2 Å². The molecule has 0 aliphatic heterocycles. The fourth-order valence-corrected chi connectivity index (χ4v) is 4.48. The van der Waals surface area contributed by atoms with Crippen molar-refractivity contribution in [3.05, 3.63) is 106 Å². The molecule has 0 spiro atoms. The molecular formula is C26H23Cl2NO3. The fraction of sp³-hybridized carbons (Fsp3) is 0.154. The summed E-state index contributed by atoms with van der Waals surface area (Å²) in [6.45, 7) is 3.61. The summed E-state index contributed by atoms with van der Waals surface area (Å²) in [5.41, 5.74) is 7.29. The fourth-order valence-electron chi connectivity index (χ4n) is 4.10. The summed E-state index contributed by atoms with van der Waals surface area (Å²) < 4.78 is 5.41. The third-order valence-electron chi connectivity index (χ3n) is 5.63. The number of hydrogen-bond donors (Lipinski definition) is 1. The van der Waals surface area contributed by atoms with Crippen LogP contribution in [0.25, 0.3) is 0 Å². The maximum Gasteiger partial charge on any atom is 0.155 e. The van der Waals surface area contributed by atoms with E-state index >= 15 is 0 Å². The van der Waals surface area contributed by atoms with Crippen LogP contribution in [0.1, 0.15) is 29.0 Å². The molecule has 0 amide bonds. The largest absolute Gasteiger partial charge is 0.497 e. The topological polar surface area (TPSA) is 69.4 Å². The molecule has 3 rings (SSSR count). The maximum atomic E-state index is 13.1. The molecular weight excluding hydrogens is 445 g/mol. The van der Waals surface area contributed by atoms with Crippen molar-refractivity contribution in [2.24, 2.45) is 0 Å². The number of halogens is 2. The zero-order valence-corrected chi connectivity index (χ0v) is 19.1. The lowest BCUT2D eigenvalue weighted by atomic mass is 9.62. The zero-order valence-electron chi connectivity index (χ0n) is 17.6. The quantitative estimate of drug-likeness (QED) is 0.238. The predicted octanol–water partition coefficient (Wildman–Crippen LogP) is 6.00. The van der Waals surface area contributed by atoms with Crippen molar-refractivity contribution >= 4 is 41.0 Å². The Labute approximate surface area is 197 Å². The number of carbonyl (C=O) groups is 2. The molecule has 3 aromatic carbocycles. The average molecular weight is 468 g/mol. The number of ether oxygens (including phenoxy) is 1. The second kappa shape index (κ2) is 10.0. The molecule has 3 aromatic rings. The Balaban J connectivity index is 2.42. The molecule has 0 aromatic heterocycles.